The number of alkyl halides is 2. The van der Waals surface area contributed by atoms with Crippen molar-refractivity contribution in [2.45, 2.75) is 38.3 Å². The fourth-order valence-electron chi connectivity index (χ4n) is 3.40. The molecule has 1 unspecified atom stereocenters. The van der Waals surface area contributed by atoms with Crippen molar-refractivity contribution in [3.63, 3.8) is 0 Å². The van der Waals surface area contributed by atoms with Gasteiger partial charge in [0.15, 0.2) is 0 Å². The molecule has 3 nitrogen and oxygen atoms in total. The third-order valence-corrected chi connectivity index (χ3v) is 4.61. The van der Waals surface area contributed by atoms with Crippen molar-refractivity contribution in [1.29, 1.82) is 0 Å². The zero-order valence-electron chi connectivity index (χ0n) is 14.1. The summed E-state index contributed by atoms with van der Waals surface area (Å²) in [5.74, 6) is 0.116. The molecule has 25 heavy (non-hydrogen) atoms. The summed E-state index contributed by atoms with van der Waals surface area (Å²) < 4.78 is 28.7. The lowest BCUT2D eigenvalue weighted by Gasteiger charge is -2.28. The minimum Gasteiger partial charge on any atom is -0.435 e. The maximum Gasteiger partial charge on any atom is 0.387 e. The molecule has 0 radical (unpaired) electrons. The third-order valence-electron chi connectivity index (χ3n) is 4.61. The summed E-state index contributed by atoms with van der Waals surface area (Å²) in [6.07, 6.45) is 2.90. The number of halogens is 2. The molecule has 0 aromatic heterocycles. The van der Waals surface area contributed by atoms with Crippen LogP contribution in [0.4, 0.5) is 8.78 Å². The molecule has 0 fully saturated rings. The monoisotopic (exact) mass is 345 g/mol. The van der Waals surface area contributed by atoms with E-state index < -0.39 is 6.61 Å². The highest BCUT2D eigenvalue weighted by atomic mass is 19.3. The van der Waals surface area contributed by atoms with E-state index in [9.17, 15) is 13.6 Å². The second-order valence-electron chi connectivity index (χ2n) is 6.36. The van der Waals surface area contributed by atoms with Crippen molar-refractivity contribution < 1.29 is 18.3 Å². The van der Waals surface area contributed by atoms with Crippen LogP contribution in [-0.4, -0.2) is 24.5 Å². The Morgan fingerprint density at radius 1 is 1.20 bits per heavy atom. The number of nitrogens with zero attached hydrogens (tertiary/aromatic N) is 1. The average Bonchev–Trinajstić information content (AvgIpc) is 2.62. The Morgan fingerprint density at radius 3 is 2.64 bits per heavy atom. The number of hydrogen-bond donors (Lipinski definition) is 0. The number of hydrogen-bond acceptors (Lipinski definition) is 2. The maximum atomic E-state index is 12.9. The van der Waals surface area contributed by atoms with Gasteiger partial charge in [-0.3, -0.25) is 4.79 Å². The van der Waals surface area contributed by atoms with Crippen LogP contribution in [0.3, 0.4) is 0 Å². The van der Waals surface area contributed by atoms with Gasteiger partial charge in [0.2, 0.25) is 5.91 Å². The molecule has 5 heteroatoms. The second kappa shape index (κ2) is 7.64. The van der Waals surface area contributed by atoms with E-state index in [4.69, 9.17) is 0 Å². The van der Waals surface area contributed by atoms with Crippen LogP contribution >= 0.6 is 0 Å². The molecule has 132 valence electrons. The highest BCUT2D eigenvalue weighted by Gasteiger charge is 2.28. The summed E-state index contributed by atoms with van der Waals surface area (Å²) in [6, 6.07) is 14.5. The third kappa shape index (κ3) is 4.16. The van der Waals surface area contributed by atoms with E-state index >= 15 is 0 Å². The van der Waals surface area contributed by atoms with Crippen LogP contribution in [0.25, 0.3) is 0 Å². The van der Waals surface area contributed by atoms with Gasteiger partial charge in [-0.2, -0.15) is 8.78 Å². The Balaban J connectivity index is 1.67. The van der Waals surface area contributed by atoms with Gasteiger partial charge in [-0.25, -0.2) is 0 Å². The molecule has 1 amide bonds. The summed E-state index contributed by atoms with van der Waals surface area (Å²) in [6.45, 7) is -2.40. The Bertz CT molecular complexity index is 731. The van der Waals surface area contributed by atoms with Crippen molar-refractivity contribution in [2.24, 2.45) is 0 Å². The van der Waals surface area contributed by atoms with E-state index in [0.717, 1.165) is 30.4 Å². The molecule has 0 heterocycles. The Labute approximate surface area is 146 Å². The number of likely N-dealkylation sites (N-methyl/N-ethyl adjacent to an activating group) is 1. The van der Waals surface area contributed by atoms with Crippen LogP contribution in [-0.2, 0) is 17.8 Å². The molecule has 1 atom stereocenters. The van der Waals surface area contributed by atoms with E-state index in [-0.39, 0.29) is 17.6 Å². The van der Waals surface area contributed by atoms with Gasteiger partial charge in [-0.1, -0.05) is 36.4 Å². The number of fused-ring (bicyclic) bond motifs is 1. The smallest absolute Gasteiger partial charge is 0.387 e. The molecule has 0 saturated heterocycles. The highest BCUT2D eigenvalue weighted by molar-refractivity contribution is 5.84. The number of benzene rings is 2. The van der Waals surface area contributed by atoms with Crippen LogP contribution in [0.5, 0.6) is 5.75 Å². The Hall–Kier alpha value is -2.43. The van der Waals surface area contributed by atoms with Gasteiger partial charge in [0.05, 0.1) is 5.92 Å². The van der Waals surface area contributed by atoms with Crippen molar-refractivity contribution in [2.75, 3.05) is 7.05 Å². The number of carbonyl (C=O) groups excluding carboxylic acids is 1. The normalized spacial score (nSPS) is 16.4. The number of ether oxygens (including phenoxy) is 1. The highest BCUT2D eigenvalue weighted by Crippen LogP contribution is 2.33. The van der Waals surface area contributed by atoms with Gasteiger partial charge in [0, 0.05) is 13.6 Å². The number of aryl methyl sites for hydroxylation is 1. The molecule has 0 aliphatic heterocycles. The van der Waals surface area contributed by atoms with Gasteiger partial charge in [-0.05, 0) is 48.1 Å². The van der Waals surface area contributed by atoms with E-state index in [1.807, 2.05) is 18.2 Å². The topological polar surface area (TPSA) is 29.5 Å². The van der Waals surface area contributed by atoms with Gasteiger partial charge >= 0.3 is 6.61 Å². The quantitative estimate of drug-likeness (QED) is 0.805. The molecule has 0 saturated carbocycles. The molecule has 0 bridgehead atoms. The lowest BCUT2D eigenvalue weighted by molar-refractivity contribution is -0.132. The first-order chi connectivity index (χ1) is 12.0. The minimum absolute atomic E-state index is 0.0973. The molecular weight excluding hydrogens is 324 g/mol. The predicted molar refractivity (Wildman–Crippen MR) is 91.7 cm³/mol. The Morgan fingerprint density at radius 2 is 1.92 bits per heavy atom. The number of carbonyl (C=O) groups is 1. The van der Waals surface area contributed by atoms with Gasteiger partial charge < -0.3 is 9.64 Å². The molecule has 1 aliphatic carbocycles. The Kier molecular flexibility index (Phi) is 5.31. The summed E-state index contributed by atoms with van der Waals surface area (Å²) in [7, 11) is 1.78. The summed E-state index contributed by atoms with van der Waals surface area (Å²) in [5.41, 5.74) is 3.27. The van der Waals surface area contributed by atoms with Crippen LogP contribution in [0.1, 0.15) is 35.4 Å². The van der Waals surface area contributed by atoms with Crippen LogP contribution in [0.15, 0.2) is 48.5 Å². The lowest BCUT2D eigenvalue weighted by Crippen LogP contribution is -2.33. The summed E-state index contributed by atoms with van der Waals surface area (Å²) in [5, 5.41) is 0. The average molecular weight is 345 g/mol. The van der Waals surface area contributed by atoms with E-state index in [2.05, 4.69) is 10.8 Å². The van der Waals surface area contributed by atoms with Crippen molar-refractivity contribution in [3.8, 4) is 5.75 Å². The zero-order valence-corrected chi connectivity index (χ0v) is 14.1. The van der Waals surface area contributed by atoms with Crippen molar-refractivity contribution >= 4 is 5.91 Å². The first kappa shape index (κ1) is 17.4. The maximum absolute atomic E-state index is 12.9. The molecule has 0 spiro atoms. The molecule has 2 aromatic rings. The second-order valence-corrected chi connectivity index (χ2v) is 6.36. The van der Waals surface area contributed by atoms with Gasteiger partial charge in [0.25, 0.3) is 0 Å². The van der Waals surface area contributed by atoms with Gasteiger partial charge in [-0.15, -0.1) is 0 Å². The van der Waals surface area contributed by atoms with Crippen LogP contribution in [0.2, 0.25) is 0 Å². The zero-order chi connectivity index (χ0) is 17.8. The van der Waals surface area contributed by atoms with Gasteiger partial charge in [0.1, 0.15) is 5.75 Å². The minimum atomic E-state index is -2.83. The first-order valence-corrected chi connectivity index (χ1v) is 8.41. The van der Waals surface area contributed by atoms with E-state index in [1.54, 1.807) is 24.1 Å². The molecule has 3 rings (SSSR count). The van der Waals surface area contributed by atoms with Crippen molar-refractivity contribution in [3.05, 3.63) is 65.2 Å². The van der Waals surface area contributed by atoms with Crippen LogP contribution < -0.4 is 4.74 Å². The van der Waals surface area contributed by atoms with E-state index in [0.29, 0.717) is 6.54 Å². The predicted octanol–water partition coefficient (Wildman–Crippen LogP) is 4.37. The standard InChI is InChI=1S/C20H21F2NO2/c1-23(13-14-9-11-16(12-10-14)25-20(21)22)19(24)18-8-4-6-15-5-2-3-7-17(15)18/h2-3,5,7,9-12,18,20H,4,6,8,13H2,1H3. The van der Waals surface area contributed by atoms with Crippen molar-refractivity contribution in [1.82, 2.24) is 4.90 Å². The largest absolute Gasteiger partial charge is 0.435 e. The summed E-state index contributed by atoms with van der Waals surface area (Å²) in [4.78, 5) is 14.6. The van der Waals surface area contributed by atoms with Crippen LogP contribution in [0, 0.1) is 0 Å². The summed E-state index contributed by atoms with van der Waals surface area (Å²) >= 11 is 0. The first-order valence-electron chi connectivity index (χ1n) is 8.41. The lowest BCUT2D eigenvalue weighted by atomic mass is 9.82. The number of amides is 1. The fourth-order valence-corrected chi connectivity index (χ4v) is 3.40. The SMILES string of the molecule is CN(Cc1ccc(OC(F)F)cc1)C(=O)C1CCCc2ccccc21. The molecule has 1 aliphatic rings. The van der Waals surface area contributed by atoms with E-state index in [1.165, 1.54) is 17.7 Å². The molecule has 2 aromatic carbocycles. The molecular formula is C20H21F2NO2. The molecule has 0 N–H and O–H groups in total. The number of rotatable bonds is 5. The fraction of sp³-hybridized carbons (Fsp3) is 0.350.